The third-order valence-corrected chi connectivity index (χ3v) is 4.52. The molecule has 0 aliphatic rings. The number of hydrogen-bond donors (Lipinski definition) is 2. The average molecular weight is 506 g/mol. The van der Waals surface area contributed by atoms with Crippen LogP contribution in [0.2, 0.25) is 0 Å². The highest BCUT2D eigenvalue weighted by Gasteiger charge is 2.17. The van der Waals surface area contributed by atoms with Crippen molar-refractivity contribution in [2.45, 2.75) is 45.8 Å². The van der Waals surface area contributed by atoms with Gasteiger partial charge in [0.05, 0.1) is 18.8 Å². The summed E-state index contributed by atoms with van der Waals surface area (Å²) in [7, 11) is 1.71. The molecule has 8 heteroatoms. The predicted molar refractivity (Wildman–Crippen MR) is 121 cm³/mol. The van der Waals surface area contributed by atoms with Crippen molar-refractivity contribution in [3.05, 3.63) is 46.2 Å². The molecule has 27 heavy (non-hydrogen) atoms. The van der Waals surface area contributed by atoms with E-state index in [1.165, 1.54) is 6.07 Å². The first-order valence-electron chi connectivity index (χ1n) is 8.60. The van der Waals surface area contributed by atoms with Crippen molar-refractivity contribution in [3.63, 3.8) is 0 Å². The number of aliphatic imine (C=N–C) groups is 1. The zero-order valence-corrected chi connectivity index (χ0v) is 19.5. The molecule has 0 fully saturated rings. The largest absolute Gasteiger partial charge is 0.486 e. The van der Waals surface area contributed by atoms with Crippen LogP contribution in [0.3, 0.4) is 0 Å². The van der Waals surface area contributed by atoms with Crippen molar-refractivity contribution < 1.29 is 9.13 Å². The van der Waals surface area contributed by atoms with Gasteiger partial charge in [-0.1, -0.05) is 32.9 Å². The monoisotopic (exact) mass is 506 g/mol. The van der Waals surface area contributed by atoms with Crippen LogP contribution in [0, 0.1) is 5.82 Å². The van der Waals surface area contributed by atoms with Crippen LogP contribution >= 0.6 is 35.3 Å². The van der Waals surface area contributed by atoms with Gasteiger partial charge in [-0.15, -0.1) is 35.3 Å². The molecule has 0 aliphatic carbocycles. The highest BCUT2D eigenvalue weighted by molar-refractivity contribution is 14.0. The first-order valence-corrected chi connectivity index (χ1v) is 9.48. The number of nitrogens with one attached hydrogen (secondary N) is 2. The van der Waals surface area contributed by atoms with Crippen LogP contribution in [0.25, 0.3) is 0 Å². The van der Waals surface area contributed by atoms with Gasteiger partial charge in [-0.2, -0.15) is 0 Å². The lowest BCUT2D eigenvalue weighted by atomic mass is 9.93. The molecule has 0 bridgehead atoms. The molecule has 0 spiro atoms. The minimum atomic E-state index is -0.361. The standard InChI is InChI=1S/C19H27FN4OS.HI/c1-13(25-15-9-7-6-8-14(15)20)10-22-18(21-5)23-11-17-24-16(12-26-17)19(2,3)4;/h6-9,12-13H,10-11H2,1-5H3,(H2,21,22,23);1H. The Morgan fingerprint density at radius 1 is 1.30 bits per heavy atom. The number of rotatable bonds is 6. The summed E-state index contributed by atoms with van der Waals surface area (Å²) in [4.78, 5) is 8.85. The van der Waals surface area contributed by atoms with E-state index >= 15 is 0 Å². The number of guanidine groups is 1. The van der Waals surface area contributed by atoms with Gasteiger partial charge in [-0.3, -0.25) is 4.99 Å². The lowest BCUT2D eigenvalue weighted by Gasteiger charge is -2.18. The van der Waals surface area contributed by atoms with Gasteiger partial charge in [0.1, 0.15) is 11.1 Å². The summed E-state index contributed by atoms with van der Waals surface area (Å²) < 4.78 is 19.2. The maximum absolute atomic E-state index is 13.6. The Bertz CT molecular complexity index is 745. The topological polar surface area (TPSA) is 58.5 Å². The molecule has 0 radical (unpaired) electrons. The van der Waals surface area contributed by atoms with Crippen molar-refractivity contribution in [1.29, 1.82) is 0 Å². The Labute approximate surface area is 181 Å². The molecule has 2 aromatic rings. The summed E-state index contributed by atoms with van der Waals surface area (Å²) in [6.45, 7) is 9.43. The third kappa shape index (κ3) is 7.61. The maximum Gasteiger partial charge on any atom is 0.191 e. The smallest absolute Gasteiger partial charge is 0.191 e. The number of hydrogen-bond acceptors (Lipinski definition) is 4. The van der Waals surface area contributed by atoms with Gasteiger partial charge in [-0.25, -0.2) is 9.37 Å². The first kappa shape index (κ1) is 23.6. The lowest BCUT2D eigenvalue weighted by Crippen LogP contribution is -2.41. The van der Waals surface area contributed by atoms with Crippen LogP contribution in [0.15, 0.2) is 34.6 Å². The SMILES string of the molecule is CN=C(NCc1nc(C(C)(C)C)cs1)NCC(C)Oc1ccccc1F.I. The molecule has 150 valence electrons. The number of thiazole rings is 1. The minimum absolute atomic E-state index is 0. The van der Waals surface area contributed by atoms with Crippen molar-refractivity contribution in [2.24, 2.45) is 4.99 Å². The maximum atomic E-state index is 13.6. The lowest BCUT2D eigenvalue weighted by molar-refractivity contribution is 0.214. The van der Waals surface area contributed by atoms with Crippen LogP contribution in [-0.2, 0) is 12.0 Å². The molecular formula is C19H28FIN4OS. The second-order valence-corrected chi connectivity index (χ2v) is 7.98. The number of para-hydroxylation sites is 1. The Morgan fingerprint density at radius 2 is 2.00 bits per heavy atom. The molecule has 5 nitrogen and oxygen atoms in total. The fraction of sp³-hybridized carbons (Fsp3) is 0.474. The van der Waals surface area contributed by atoms with E-state index in [0.717, 1.165) is 10.7 Å². The Morgan fingerprint density at radius 3 is 2.59 bits per heavy atom. The zero-order chi connectivity index (χ0) is 19.2. The van der Waals surface area contributed by atoms with E-state index in [1.807, 2.05) is 6.92 Å². The van der Waals surface area contributed by atoms with Crippen molar-refractivity contribution >= 4 is 41.3 Å². The molecule has 0 aliphatic heterocycles. The number of benzene rings is 1. The molecule has 1 unspecified atom stereocenters. The highest BCUT2D eigenvalue weighted by Crippen LogP contribution is 2.23. The molecule has 2 N–H and O–H groups in total. The summed E-state index contributed by atoms with van der Waals surface area (Å²) in [5.41, 5.74) is 1.14. The summed E-state index contributed by atoms with van der Waals surface area (Å²) in [6.07, 6.45) is -0.210. The van der Waals surface area contributed by atoms with E-state index in [0.29, 0.717) is 19.0 Å². The summed E-state index contributed by atoms with van der Waals surface area (Å²) in [5.74, 6) is 0.545. The van der Waals surface area contributed by atoms with E-state index in [4.69, 9.17) is 4.74 Å². The van der Waals surface area contributed by atoms with Gasteiger partial charge in [0.25, 0.3) is 0 Å². The fourth-order valence-electron chi connectivity index (χ4n) is 2.16. The van der Waals surface area contributed by atoms with Crippen LogP contribution in [0.4, 0.5) is 4.39 Å². The van der Waals surface area contributed by atoms with Crippen LogP contribution in [0.5, 0.6) is 5.75 Å². The summed E-state index contributed by atoms with van der Waals surface area (Å²) in [5, 5.41) is 9.53. The molecule has 1 aromatic heterocycles. The second-order valence-electron chi connectivity index (χ2n) is 7.04. The normalized spacial score (nSPS) is 12.9. The Kier molecular flexibility index (Phi) is 9.44. The first-order chi connectivity index (χ1) is 12.3. The van der Waals surface area contributed by atoms with Crippen LogP contribution in [-0.4, -0.2) is 30.6 Å². The highest BCUT2D eigenvalue weighted by atomic mass is 127. The average Bonchev–Trinajstić information content (AvgIpc) is 3.06. The van der Waals surface area contributed by atoms with E-state index in [-0.39, 0.29) is 47.1 Å². The number of halogens is 2. The third-order valence-electron chi connectivity index (χ3n) is 3.67. The Balaban J connectivity index is 0.00000364. The van der Waals surface area contributed by atoms with Gasteiger partial charge in [0, 0.05) is 17.8 Å². The van der Waals surface area contributed by atoms with E-state index in [2.05, 4.69) is 46.8 Å². The predicted octanol–water partition coefficient (Wildman–Crippen LogP) is 4.33. The quantitative estimate of drug-likeness (QED) is 0.348. The molecule has 2 rings (SSSR count). The van der Waals surface area contributed by atoms with E-state index in [9.17, 15) is 4.39 Å². The van der Waals surface area contributed by atoms with Crippen LogP contribution < -0.4 is 15.4 Å². The molecule has 1 aromatic carbocycles. The molecule has 1 heterocycles. The molecule has 1 atom stereocenters. The van der Waals surface area contributed by atoms with E-state index < -0.39 is 0 Å². The van der Waals surface area contributed by atoms with Crippen molar-refractivity contribution in [1.82, 2.24) is 15.6 Å². The fourth-order valence-corrected chi connectivity index (χ4v) is 3.12. The van der Waals surface area contributed by atoms with Gasteiger partial charge in [-0.05, 0) is 19.1 Å². The molecule has 0 amide bonds. The van der Waals surface area contributed by atoms with Gasteiger partial charge < -0.3 is 15.4 Å². The summed E-state index contributed by atoms with van der Waals surface area (Å²) >= 11 is 1.63. The number of nitrogens with zero attached hydrogens (tertiary/aromatic N) is 2. The molecule has 0 saturated carbocycles. The van der Waals surface area contributed by atoms with Crippen molar-refractivity contribution in [2.75, 3.05) is 13.6 Å². The molecular weight excluding hydrogens is 478 g/mol. The minimum Gasteiger partial charge on any atom is -0.486 e. The van der Waals surface area contributed by atoms with Gasteiger partial charge in [0.2, 0.25) is 0 Å². The van der Waals surface area contributed by atoms with Gasteiger partial charge >= 0.3 is 0 Å². The Hall–Kier alpha value is -1.42. The number of aromatic nitrogens is 1. The molecule has 0 saturated heterocycles. The van der Waals surface area contributed by atoms with Crippen LogP contribution in [0.1, 0.15) is 38.4 Å². The van der Waals surface area contributed by atoms with E-state index in [1.54, 1.807) is 36.6 Å². The van der Waals surface area contributed by atoms with Gasteiger partial charge in [0.15, 0.2) is 17.5 Å². The van der Waals surface area contributed by atoms with Crippen molar-refractivity contribution in [3.8, 4) is 5.75 Å². The zero-order valence-electron chi connectivity index (χ0n) is 16.4. The number of ether oxygens (including phenoxy) is 1. The summed E-state index contributed by atoms with van der Waals surface area (Å²) in [6, 6.07) is 6.39. The second kappa shape index (κ2) is 10.8.